The molecule has 1 atom stereocenters. The van der Waals surface area contributed by atoms with Crippen molar-refractivity contribution in [2.45, 2.75) is 32.2 Å². The minimum Gasteiger partial charge on any atom is -0.466 e. The molecule has 0 aliphatic carbocycles. The summed E-state index contributed by atoms with van der Waals surface area (Å²) in [4.78, 5) is 38.7. The van der Waals surface area contributed by atoms with Gasteiger partial charge in [0.2, 0.25) is 11.8 Å². The molecule has 2 aromatic carbocycles. The van der Waals surface area contributed by atoms with Crippen molar-refractivity contribution in [2.24, 2.45) is 0 Å². The number of benzene rings is 2. The van der Waals surface area contributed by atoms with Crippen LogP contribution in [-0.4, -0.2) is 55.0 Å². The fourth-order valence-corrected chi connectivity index (χ4v) is 3.34. The number of carbonyl (C=O) groups excluding carboxylic acids is 3. The van der Waals surface area contributed by atoms with Gasteiger partial charge in [0.1, 0.15) is 17.5 Å². The zero-order chi connectivity index (χ0) is 22.8. The molecule has 8 nitrogen and oxygen atoms in total. The van der Waals surface area contributed by atoms with E-state index in [-0.39, 0.29) is 24.8 Å². The molecule has 1 aliphatic heterocycles. The van der Waals surface area contributed by atoms with Crippen LogP contribution in [0.25, 0.3) is 0 Å². The Morgan fingerprint density at radius 1 is 1.09 bits per heavy atom. The van der Waals surface area contributed by atoms with E-state index in [0.717, 1.165) is 18.6 Å². The Morgan fingerprint density at radius 3 is 2.53 bits per heavy atom. The van der Waals surface area contributed by atoms with E-state index in [1.165, 1.54) is 0 Å². The number of para-hydroxylation sites is 1. The normalized spacial score (nSPS) is 16.2. The van der Waals surface area contributed by atoms with Crippen molar-refractivity contribution in [3.63, 3.8) is 0 Å². The molecule has 1 saturated heterocycles. The lowest BCUT2D eigenvalue weighted by molar-refractivity contribution is -0.149. The summed E-state index contributed by atoms with van der Waals surface area (Å²) >= 11 is 0. The van der Waals surface area contributed by atoms with Crippen LogP contribution in [-0.2, 0) is 19.1 Å². The Labute approximate surface area is 187 Å². The van der Waals surface area contributed by atoms with E-state index in [2.05, 4.69) is 10.6 Å². The lowest BCUT2D eigenvalue weighted by Gasteiger charge is -2.33. The first-order chi connectivity index (χ1) is 15.5. The smallest absolute Gasteiger partial charge is 0.307 e. The highest BCUT2D eigenvalue weighted by Crippen LogP contribution is 2.22. The molecule has 0 aromatic heterocycles. The van der Waals surface area contributed by atoms with E-state index in [1.807, 2.05) is 37.3 Å². The number of ether oxygens (including phenoxy) is 2. The SMILES string of the molecule is CCCCOC(=O)CC1C(=O)NCCN1CC(=O)Nc1ccc(Oc2ccccc2)cc1. The molecular weight excluding hydrogens is 410 g/mol. The quantitative estimate of drug-likeness (QED) is 0.436. The van der Waals surface area contributed by atoms with E-state index in [1.54, 1.807) is 29.2 Å². The maximum atomic E-state index is 12.6. The fourth-order valence-electron chi connectivity index (χ4n) is 3.34. The Balaban J connectivity index is 1.52. The van der Waals surface area contributed by atoms with Crippen LogP contribution in [0, 0.1) is 0 Å². The summed E-state index contributed by atoms with van der Waals surface area (Å²) in [5.74, 6) is 0.426. The molecule has 0 radical (unpaired) electrons. The number of esters is 1. The average Bonchev–Trinajstić information content (AvgIpc) is 2.78. The van der Waals surface area contributed by atoms with Crippen molar-refractivity contribution in [3.8, 4) is 11.5 Å². The van der Waals surface area contributed by atoms with E-state index in [9.17, 15) is 14.4 Å². The second kappa shape index (κ2) is 11.9. The monoisotopic (exact) mass is 439 g/mol. The number of unbranched alkanes of at least 4 members (excludes halogenated alkanes) is 1. The summed E-state index contributed by atoms with van der Waals surface area (Å²) in [5.41, 5.74) is 0.618. The predicted molar refractivity (Wildman–Crippen MR) is 120 cm³/mol. The van der Waals surface area contributed by atoms with Gasteiger partial charge in [-0.15, -0.1) is 0 Å². The molecule has 0 bridgehead atoms. The van der Waals surface area contributed by atoms with E-state index in [4.69, 9.17) is 9.47 Å². The van der Waals surface area contributed by atoms with Crippen LogP contribution in [0.3, 0.4) is 0 Å². The number of piperazine rings is 1. The van der Waals surface area contributed by atoms with Crippen molar-refractivity contribution in [1.29, 1.82) is 0 Å². The van der Waals surface area contributed by atoms with Crippen LogP contribution in [0.1, 0.15) is 26.2 Å². The highest BCUT2D eigenvalue weighted by molar-refractivity contribution is 5.93. The van der Waals surface area contributed by atoms with E-state index < -0.39 is 12.0 Å². The summed E-state index contributed by atoms with van der Waals surface area (Å²) in [5, 5.41) is 5.58. The van der Waals surface area contributed by atoms with Gasteiger partial charge in [-0.25, -0.2) is 0 Å². The number of rotatable bonds is 10. The maximum absolute atomic E-state index is 12.6. The minimum absolute atomic E-state index is 0.00257. The second-order valence-electron chi connectivity index (χ2n) is 7.54. The molecule has 0 spiro atoms. The van der Waals surface area contributed by atoms with Crippen LogP contribution >= 0.6 is 0 Å². The average molecular weight is 440 g/mol. The molecule has 2 aromatic rings. The summed E-state index contributed by atoms with van der Waals surface area (Å²) in [6.07, 6.45) is 1.63. The van der Waals surface area contributed by atoms with Crippen LogP contribution in [0.5, 0.6) is 11.5 Å². The number of nitrogens with one attached hydrogen (secondary N) is 2. The van der Waals surface area contributed by atoms with Crippen molar-refractivity contribution >= 4 is 23.5 Å². The third-order valence-electron chi connectivity index (χ3n) is 5.03. The van der Waals surface area contributed by atoms with Gasteiger partial charge >= 0.3 is 5.97 Å². The van der Waals surface area contributed by atoms with Gasteiger partial charge < -0.3 is 20.1 Å². The maximum Gasteiger partial charge on any atom is 0.307 e. The largest absolute Gasteiger partial charge is 0.466 e. The number of amides is 2. The number of nitrogens with zero attached hydrogens (tertiary/aromatic N) is 1. The molecule has 1 aliphatic rings. The van der Waals surface area contributed by atoms with Gasteiger partial charge in [0.05, 0.1) is 19.6 Å². The van der Waals surface area contributed by atoms with Gasteiger partial charge in [0.25, 0.3) is 0 Å². The van der Waals surface area contributed by atoms with Crippen LogP contribution in [0.2, 0.25) is 0 Å². The standard InChI is InChI=1S/C24H29N3O5/c1-2-3-15-31-23(29)16-21-24(30)25-13-14-27(21)17-22(28)26-18-9-11-20(12-10-18)32-19-7-5-4-6-8-19/h4-12,21H,2-3,13-17H2,1H3,(H,25,30)(H,26,28). The summed E-state index contributed by atoms with van der Waals surface area (Å²) in [7, 11) is 0. The lowest BCUT2D eigenvalue weighted by Crippen LogP contribution is -2.57. The van der Waals surface area contributed by atoms with Crippen molar-refractivity contribution in [1.82, 2.24) is 10.2 Å². The Morgan fingerprint density at radius 2 is 1.81 bits per heavy atom. The summed E-state index contributed by atoms with van der Waals surface area (Å²) in [6.45, 7) is 3.26. The summed E-state index contributed by atoms with van der Waals surface area (Å²) in [6, 6.07) is 15.7. The molecule has 8 heteroatoms. The zero-order valence-corrected chi connectivity index (χ0v) is 18.2. The number of anilines is 1. The zero-order valence-electron chi connectivity index (χ0n) is 18.2. The Hall–Kier alpha value is -3.39. The third kappa shape index (κ3) is 7.09. The van der Waals surface area contributed by atoms with Gasteiger partial charge in [0.15, 0.2) is 0 Å². The topological polar surface area (TPSA) is 97.0 Å². The first-order valence-corrected chi connectivity index (χ1v) is 10.9. The lowest BCUT2D eigenvalue weighted by atomic mass is 10.1. The number of hydrogen-bond acceptors (Lipinski definition) is 6. The molecule has 0 saturated carbocycles. The van der Waals surface area contributed by atoms with Gasteiger partial charge in [-0.1, -0.05) is 31.5 Å². The number of hydrogen-bond donors (Lipinski definition) is 2. The van der Waals surface area contributed by atoms with E-state index in [0.29, 0.717) is 31.1 Å². The highest BCUT2D eigenvalue weighted by Gasteiger charge is 2.33. The molecule has 1 heterocycles. The molecule has 32 heavy (non-hydrogen) atoms. The molecule has 1 unspecified atom stereocenters. The van der Waals surface area contributed by atoms with Crippen LogP contribution in [0.4, 0.5) is 5.69 Å². The van der Waals surface area contributed by atoms with Gasteiger partial charge in [-0.3, -0.25) is 19.3 Å². The first kappa shape index (κ1) is 23.3. The van der Waals surface area contributed by atoms with Gasteiger partial charge in [-0.2, -0.15) is 0 Å². The molecule has 1 fully saturated rings. The Bertz CT molecular complexity index is 902. The highest BCUT2D eigenvalue weighted by atomic mass is 16.5. The van der Waals surface area contributed by atoms with E-state index >= 15 is 0 Å². The van der Waals surface area contributed by atoms with Gasteiger partial charge in [-0.05, 0) is 42.8 Å². The fraction of sp³-hybridized carbons (Fsp3) is 0.375. The van der Waals surface area contributed by atoms with Crippen molar-refractivity contribution in [2.75, 3.05) is 31.6 Å². The molecule has 3 rings (SSSR count). The van der Waals surface area contributed by atoms with Crippen LogP contribution < -0.4 is 15.4 Å². The summed E-state index contributed by atoms with van der Waals surface area (Å²) < 4.78 is 10.9. The Kier molecular flexibility index (Phi) is 8.62. The molecule has 170 valence electrons. The van der Waals surface area contributed by atoms with Crippen LogP contribution in [0.15, 0.2) is 54.6 Å². The predicted octanol–water partition coefficient (Wildman–Crippen LogP) is 2.95. The number of carbonyl (C=O) groups is 3. The molecule has 2 N–H and O–H groups in total. The molecular formula is C24H29N3O5. The second-order valence-corrected chi connectivity index (χ2v) is 7.54. The van der Waals surface area contributed by atoms with Crippen molar-refractivity contribution < 1.29 is 23.9 Å². The third-order valence-corrected chi connectivity index (χ3v) is 5.03. The van der Waals surface area contributed by atoms with Crippen molar-refractivity contribution in [3.05, 3.63) is 54.6 Å². The first-order valence-electron chi connectivity index (χ1n) is 10.9. The van der Waals surface area contributed by atoms with Gasteiger partial charge in [0, 0.05) is 18.8 Å². The molecule has 2 amide bonds. The minimum atomic E-state index is -0.717.